The van der Waals surface area contributed by atoms with E-state index >= 15 is 0 Å². The number of thiazole rings is 1. The van der Waals surface area contributed by atoms with Crippen molar-refractivity contribution in [3.8, 4) is 0 Å². The summed E-state index contributed by atoms with van der Waals surface area (Å²) in [5, 5.41) is 7.52. The molecule has 0 unspecified atom stereocenters. The molecular weight excluding hydrogens is 286 g/mol. The Morgan fingerprint density at radius 1 is 1.19 bits per heavy atom. The van der Waals surface area contributed by atoms with Gasteiger partial charge in [-0.05, 0) is 32.4 Å². The van der Waals surface area contributed by atoms with Crippen LogP contribution in [0.4, 0.5) is 5.13 Å². The maximum Gasteiger partial charge on any atom is 0.271 e. The van der Waals surface area contributed by atoms with Crippen LogP contribution in [0.25, 0.3) is 0 Å². The van der Waals surface area contributed by atoms with Crippen LogP contribution in [0.5, 0.6) is 0 Å². The van der Waals surface area contributed by atoms with Gasteiger partial charge in [0.05, 0.1) is 0 Å². The molecule has 1 aromatic carbocycles. The summed E-state index contributed by atoms with van der Waals surface area (Å²) in [5.74, 6) is -0.462. The maximum atomic E-state index is 12.1. The predicted molar refractivity (Wildman–Crippen MR) is 83.8 cm³/mol. The zero-order chi connectivity index (χ0) is 15.4. The Morgan fingerprint density at radius 2 is 1.90 bits per heavy atom. The van der Waals surface area contributed by atoms with Crippen LogP contribution in [0, 0.1) is 6.92 Å². The number of hydrogen-bond donors (Lipinski definition) is 2. The zero-order valence-electron chi connectivity index (χ0n) is 12.1. The average molecular weight is 303 g/mol. The molecule has 0 fully saturated rings. The molecule has 0 aliphatic carbocycles. The first kappa shape index (κ1) is 15.2. The number of hydrogen-bond acceptors (Lipinski definition) is 4. The first-order chi connectivity index (χ1) is 9.97. The predicted octanol–water partition coefficient (Wildman–Crippen LogP) is 2.84. The highest BCUT2D eigenvalue weighted by Crippen LogP contribution is 2.17. The molecule has 0 atom stereocenters. The Labute approximate surface area is 127 Å². The van der Waals surface area contributed by atoms with Gasteiger partial charge in [-0.3, -0.25) is 14.9 Å². The first-order valence-electron chi connectivity index (χ1n) is 6.60. The van der Waals surface area contributed by atoms with Gasteiger partial charge in [-0.15, -0.1) is 11.3 Å². The van der Waals surface area contributed by atoms with Gasteiger partial charge in [-0.1, -0.05) is 18.2 Å². The summed E-state index contributed by atoms with van der Waals surface area (Å²) in [6, 6.07) is 7.36. The molecule has 0 spiro atoms. The molecule has 110 valence electrons. The fraction of sp³-hybridized carbons (Fsp3) is 0.267. The number of benzene rings is 1. The topological polar surface area (TPSA) is 71.1 Å². The minimum atomic E-state index is -0.238. The molecule has 1 heterocycles. The molecule has 0 aliphatic rings. The average Bonchev–Trinajstić information content (AvgIpc) is 2.87. The first-order valence-corrected chi connectivity index (χ1v) is 7.48. The SMILES string of the molecule is Cc1ccccc1C(=O)Nc1nc(C(=O)NC(C)C)cs1. The van der Waals surface area contributed by atoms with E-state index in [-0.39, 0.29) is 17.9 Å². The Bertz CT molecular complexity index is 664. The Hall–Kier alpha value is -2.21. The fourth-order valence-corrected chi connectivity index (χ4v) is 2.45. The molecule has 2 aromatic rings. The number of aromatic nitrogens is 1. The second-order valence-electron chi connectivity index (χ2n) is 4.94. The van der Waals surface area contributed by atoms with Crippen LogP contribution in [0.3, 0.4) is 0 Å². The van der Waals surface area contributed by atoms with E-state index in [4.69, 9.17) is 0 Å². The third kappa shape index (κ3) is 3.88. The van der Waals surface area contributed by atoms with Gasteiger partial charge in [0.1, 0.15) is 5.69 Å². The summed E-state index contributed by atoms with van der Waals surface area (Å²) in [6.07, 6.45) is 0. The van der Waals surface area contributed by atoms with Crippen molar-refractivity contribution in [2.45, 2.75) is 26.8 Å². The van der Waals surface area contributed by atoms with Gasteiger partial charge >= 0.3 is 0 Å². The Kier molecular flexibility index (Phi) is 4.70. The molecule has 0 radical (unpaired) electrons. The summed E-state index contributed by atoms with van der Waals surface area (Å²) in [6.45, 7) is 5.63. The summed E-state index contributed by atoms with van der Waals surface area (Å²) in [7, 11) is 0. The number of amides is 2. The molecule has 21 heavy (non-hydrogen) atoms. The summed E-state index contributed by atoms with van der Waals surface area (Å²) in [4.78, 5) is 28.1. The zero-order valence-corrected chi connectivity index (χ0v) is 13.0. The van der Waals surface area contributed by atoms with Crippen LogP contribution in [0.2, 0.25) is 0 Å². The molecule has 6 heteroatoms. The lowest BCUT2D eigenvalue weighted by Crippen LogP contribution is -2.30. The quantitative estimate of drug-likeness (QED) is 0.912. The molecule has 2 N–H and O–H groups in total. The molecule has 2 amide bonds. The second kappa shape index (κ2) is 6.49. The minimum Gasteiger partial charge on any atom is -0.349 e. The van der Waals surface area contributed by atoms with Crippen molar-refractivity contribution in [2.75, 3.05) is 5.32 Å². The summed E-state index contributed by atoms with van der Waals surface area (Å²) >= 11 is 1.23. The maximum absolute atomic E-state index is 12.1. The van der Waals surface area contributed by atoms with Crippen LogP contribution in [0.15, 0.2) is 29.6 Å². The van der Waals surface area contributed by atoms with Crippen molar-refractivity contribution in [1.82, 2.24) is 10.3 Å². The summed E-state index contributed by atoms with van der Waals surface area (Å²) < 4.78 is 0. The van der Waals surface area contributed by atoms with Gasteiger partial charge in [-0.2, -0.15) is 0 Å². The highest BCUT2D eigenvalue weighted by atomic mass is 32.1. The van der Waals surface area contributed by atoms with E-state index in [2.05, 4.69) is 15.6 Å². The number of rotatable bonds is 4. The second-order valence-corrected chi connectivity index (χ2v) is 5.79. The third-order valence-electron chi connectivity index (χ3n) is 2.77. The van der Waals surface area contributed by atoms with Crippen molar-refractivity contribution in [3.63, 3.8) is 0 Å². The number of aryl methyl sites for hydroxylation is 1. The number of anilines is 1. The molecule has 2 rings (SSSR count). The Balaban J connectivity index is 2.08. The van der Waals surface area contributed by atoms with Crippen molar-refractivity contribution in [2.24, 2.45) is 0 Å². The standard InChI is InChI=1S/C15H17N3O2S/c1-9(2)16-14(20)12-8-21-15(17-12)18-13(19)11-7-5-4-6-10(11)3/h4-9H,1-3H3,(H,16,20)(H,17,18,19). The number of carbonyl (C=O) groups is 2. The van der Waals surface area contributed by atoms with Gasteiger partial charge in [-0.25, -0.2) is 4.98 Å². The van der Waals surface area contributed by atoms with Crippen molar-refractivity contribution < 1.29 is 9.59 Å². The van der Waals surface area contributed by atoms with Crippen LogP contribution in [-0.2, 0) is 0 Å². The van der Waals surface area contributed by atoms with Gasteiger partial charge in [0.15, 0.2) is 5.13 Å². The highest BCUT2D eigenvalue weighted by Gasteiger charge is 2.14. The van der Waals surface area contributed by atoms with Crippen molar-refractivity contribution >= 4 is 28.3 Å². The molecular formula is C15H17N3O2S. The third-order valence-corrected chi connectivity index (χ3v) is 3.52. The lowest BCUT2D eigenvalue weighted by atomic mass is 10.1. The summed E-state index contributed by atoms with van der Waals surface area (Å²) in [5.41, 5.74) is 1.80. The fourth-order valence-electron chi connectivity index (χ4n) is 1.76. The van der Waals surface area contributed by atoms with Crippen molar-refractivity contribution in [3.05, 3.63) is 46.5 Å². The van der Waals surface area contributed by atoms with Gasteiger partial charge in [0.2, 0.25) is 0 Å². The van der Waals surface area contributed by atoms with E-state index in [9.17, 15) is 9.59 Å². The molecule has 0 saturated carbocycles. The number of carbonyl (C=O) groups excluding carboxylic acids is 2. The monoisotopic (exact) mass is 303 g/mol. The van der Waals surface area contributed by atoms with Crippen LogP contribution >= 0.6 is 11.3 Å². The molecule has 0 bridgehead atoms. The van der Waals surface area contributed by atoms with Crippen LogP contribution in [0.1, 0.15) is 40.3 Å². The van der Waals surface area contributed by atoms with E-state index in [1.54, 1.807) is 11.4 Å². The molecule has 1 aromatic heterocycles. The molecule has 0 aliphatic heterocycles. The van der Waals surface area contributed by atoms with Gasteiger partial charge in [0, 0.05) is 17.0 Å². The number of nitrogens with zero attached hydrogens (tertiary/aromatic N) is 1. The van der Waals surface area contributed by atoms with Crippen LogP contribution in [-0.4, -0.2) is 22.8 Å². The molecule has 0 saturated heterocycles. The normalized spacial score (nSPS) is 10.5. The van der Waals surface area contributed by atoms with Crippen molar-refractivity contribution in [1.29, 1.82) is 0 Å². The van der Waals surface area contributed by atoms with E-state index in [0.717, 1.165) is 5.56 Å². The van der Waals surface area contributed by atoms with E-state index in [1.807, 2.05) is 39.0 Å². The van der Waals surface area contributed by atoms with Gasteiger partial charge < -0.3 is 5.32 Å². The van der Waals surface area contributed by atoms with Crippen LogP contribution < -0.4 is 10.6 Å². The lowest BCUT2D eigenvalue weighted by molar-refractivity contribution is 0.0937. The van der Waals surface area contributed by atoms with E-state index in [0.29, 0.717) is 16.4 Å². The van der Waals surface area contributed by atoms with Gasteiger partial charge in [0.25, 0.3) is 11.8 Å². The minimum absolute atomic E-state index is 0.0456. The van der Waals surface area contributed by atoms with E-state index < -0.39 is 0 Å². The highest BCUT2D eigenvalue weighted by molar-refractivity contribution is 7.14. The number of nitrogens with one attached hydrogen (secondary N) is 2. The lowest BCUT2D eigenvalue weighted by Gasteiger charge is -2.06. The smallest absolute Gasteiger partial charge is 0.271 e. The van der Waals surface area contributed by atoms with E-state index in [1.165, 1.54) is 11.3 Å². The largest absolute Gasteiger partial charge is 0.349 e. The Morgan fingerprint density at radius 3 is 2.57 bits per heavy atom. The molecule has 5 nitrogen and oxygen atoms in total.